The van der Waals surface area contributed by atoms with Gasteiger partial charge in [0.2, 0.25) is 5.91 Å². The number of carbonyl (C=O) groups is 2. The third-order valence-electron chi connectivity index (χ3n) is 3.67. The monoisotopic (exact) mass is 256 g/mol. The van der Waals surface area contributed by atoms with Crippen molar-refractivity contribution in [3.8, 4) is 0 Å². The van der Waals surface area contributed by atoms with Gasteiger partial charge >= 0.3 is 5.97 Å². The first kappa shape index (κ1) is 15.0. The summed E-state index contributed by atoms with van der Waals surface area (Å²) in [6.07, 6.45) is 5.29. The van der Waals surface area contributed by atoms with Crippen LogP contribution in [0.1, 0.15) is 38.5 Å². The van der Waals surface area contributed by atoms with E-state index < -0.39 is 5.97 Å². The van der Waals surface area contributed by atoms with Gasteiger partial charge in [0.15, 0.2) is 0 Å². The van der Waals surface area contributed by atoms with Crippen molar-refractivity contribution in [2.24, 2.45) is 11.8 Å². The molecular weight excluding hydrogens is 232 g/mol. The fourth-order valence-corrected chi connectivity index (χ4v) is 2.56. The van der Waals surface area contributed by atoms with Gasteiger partial charge in [0.05, 0.1) is 5.92 Å². The number of carboxylic acid groups (broad SMARTS) is 1. The Balaban J connectivity index is 2.16. The van der Waals surface area contributed by atoms with Crippen molar-refractivity contribution < 1.29 is 14.7 Å². The van der Waals surface area contributed by atoms with Crippen LogP contribution in [0.5, 0.6) is 0 Å². The van der Waals surface area contributed by atoms with Crippen LogP contribution in [-0.4, -0.2) is 37.1 Å². The second-order valence-electron chi connectivity index (χ2n) is 4.97. The van der Waals surface area contributed by atoms with Crippen molar-refractivity contribution in [1.82, 2.24) is 10.6 Å². The maximum atomic E-state index is 11.1. The molecule has 1 aliphatic carbocycles. The van der Waals surface area contributed by atoms with Gasteiger partial charge in [-0.15, -0.1) is 0 Å². The largest absolute Gasteiger partial charge is 0.481 e. The first-order valence-corrected chi connectivity index (χ1v) is 6.79. The topological polar surface area (TPSA) is 78.4 Å². The van der Waals surface area contributed by atoms with Crippen molar-refractivity contribution >= 4 is 11.9 Å². The van der Waals surface area contributed by atoms with Crippen LogP contribution in [0.2, 0.25) is 0 Å². The van der Waals surface area contributed by atoms with Crippen molar-refractivity contribution in [3.05, 3.63) is 0 Å². The molecule has 5 nitrogen and oxygen atoms in total. The fourth-order valence-electron chi connectivity index (χ4n) is 2.56. The average Bonchev–Trinajstić information content (AvgIpc) is 2.38. The molecule has 0 saturated heterocycles. The predicted octanol–water partition coefficient (Wildman–Crippen LogP) is 0.993. The molecule has 2 unspecified atom stereocenters. The number of hydrogen-bond acceptors (Lipinski definition) is 3. The normalized spacial score (nSPS) is 23.6. The summed E-state index contributed by atoms with van der Waals surface area (Å²) >= 11 is 0. The SMILES string of the molecule is CNC(=O)CCCNCC1CCCCC1C(=O)O. The van der Waals surface area contributed by atoms with Gasteiger partial charge in [0.1, 0.15) is 0 Å². The molecule has 0 aliphatic heterocycles. The van der Waals surface area contributed by atoms with Crippen LogP contribution in [0.25, 0.3) is 0 Å². The second-order valence-corrected chi connectivity index (χ2v) is 4.97. The highest BCUT2D eigenvalue weighted by Gasteiger charge is 2.30. The highest BCUT2D eigenvalue weighted by molar-refractivity contribution is 5.75. The highest BCUT2D eigenvalue weighted by atomic mass is 16.4. The Kier molecular flexibility index (Phi) is 6.72. The molecule has 18 heavy (non-hydrogen) atoms. The molecule has 5 heteroatoms. The summed E-state index contributed by atoms with van der Waals surface area (Å²) in [4.78, 5) is 22.1. The molecule has 0 radical (unpaired) electrons. The summed E-state index contributed by atoms with van der Waals surface area (Å²) in [7, 11) is 1.63. The third kappa shape index (κ3) is 5.04. The molecule has 0 aromatic rings. The standard InChI is InChI=1S/C13H24N2O3/c1-14-12(16)7-4-8-15-9-10-5-2-3-6-11(10)13(17)18/h10-11,15H,2-9H2,1H3,(H,14,16)(H,17,18). The molecule has 0 spiro atoms. The van der Waals surface area contributed by atoms with Crippen molar-refractivity contribution in [2.75, 3.05) is 20.1 Å². The molecule has 1 saturated carbocycles. The highest BCUT2D eigenvalue weighted by Crippen LogP contribution is 2.29. The molecule has 0 heterocycles. The van der Waals surface area contributed by atoms with Gasteiger partial charge in [-0.05, 0) is 38.3 Å². The molecule has 104 valence electrons. The van der Waals surface area contributed by atoms with Crippen molar-refractivity contribution in [3.63, 3.8) is 0 Å². The lowest BCUT2D eigenvalue weighted by molar-refractivity contribution is -0.144. The summed E-state index contributed by atoms with van der Waals surface area (Å²) < 4.78 is 0. The van der Waals surface area contributed by atoms with Crippen LogP contribution in [0.3, 0.4) is 0 Å². The van der Waals surface area contributed by atoms with Crippen LogP contribution < -0.4 is 10.6 Å². The number of amides is 1. The maximum Gasteiger partial charge on any atom is 0.306 e. The Morgan fingerprint density at radius 1 is 1.28 bits per heavy atom. The van der Waals surface area contributed by atoms with Gasteiger partial charge in [-0.2, -0.15) is 0 Å². The van der Waals surface area contributed by atoms with E-state index >= 15 is 0 Å². The molecule has 3 N–H and O–H groups in total. The summed E-state index contributed by atoms with van der Waals surface area (Å²) in [5.74, 6) is -0.550. The molecule has 1 rings (SSSR count). The average molecular weight is 256 g/mol. The zero-order valence-electron chi connectivity index (χ0n) is 11.1. The third-order valence-corrected chi connectivity index (χ3v) is 3.67. The molecule has 1 fully saturated rings. The van der Waals surface area contributed by atoms with E-state index in [0.717, 1.165) is 45.2 Å². The molecular formula is C13H24N2O3. The maximum absolute atomic E-state index is 11.1. The minimum Gasteiger partial charge on any atom is -0.481 e. The van der Waals surface area contributed by atoms with E-state index in [1.54, 1.807) is 7.05 Å². The Morgan fingerprint density at radius 2 is 2.00 bits per heavy atom. The van der Waals surface area contributed by atoms with E-state index in [1.165, 1.54) is 0 Å². The Hall–Kier alpha value is -1.10. The Morgan fingerprint density at radius 3 is 2.67 bits per heavy atom. The predicted molar refractivity (Wildman–Crippen MR) is 69.3 cm³/mol. The molecule has 2 atom stereocenters. The van der Waals surface area contributed by atoms with Crippen LogP contribution in [0.15, 0.2) is 0 Å². The number of carbonyl (C=O) groups excluding carboxylic acids is 1. The number of rotatable bonds is 7. The van der Waals surface area contributed by atoms with E-state index in [4.69, 9.17) is 5.11 Å². The van der Waals surface area contributed by atoms with Crippen molar-refractivity contribution in [2.45, 2.75) is 38.5 Å². The molecule has 0 bridgehead atoms. The minimum absolute atomic E-state index is 0.0536. The quantitative estimate of drug-likeness (QED) is 0.594. The van der Waals surface area contributed by atoms with Crippen LogP contribution in [-0.2, 0) is 9.59 Å². The first-order valence-electron chi connectivity index (χ1n) is 6.79. The number of hydrogen-bond donors (Lipinski definition) is 3. The number of nitrogens with one attached hydrogen (secondary N) is 2. The van der Waals surface area contributed by atoms with Gasteiger partial charge in [-0.3, -0.25) is 9.59 Å². The lowest BCUT2D eigenvalue weighted by Crippen LogP contribution is -2.35. The van der Waals surface area contributed by atoms with E-state index in [2.05, 4.69) is 10.6 Å². The van der Waals surface area contributed by atoms with Gasteiger partial charge < -0.3 is 15.7 Å². The smallest absolute Gasteiger partial charge is 0.306 e. The van der Waals surface area contributed by atoms with E-state index in [9.17, 15) is 9.59 Å². The minimum atomic E-state index is -0.660. The van der Waals surface area contributed by atoms with Crippen LogP contribution in [0, 0.1) is 11.8 Å². The Labute approximate surface area is 108 Å². The van der Waals surface area contributed by atoms with E-state index in [-0.39, 0.29) is 17.7 Å². The van der Waals surface area contributed by atoms with E-state index in [1.807, 2.05) is 0 Å². The molecule has 0 aromatic carbocycles. The summed E-state index contributed by atoms with van der Waals surface area (Å²) in [5.41, 5.74) is 0. The Bertz CT molecular complexity index is 281. The van der Waals surface area contributed by atoms with Crippen LogP contribution >= 0.6 is 0 Å². The summed E-state index contributed by atoms with van der Waals surface area (Å²) in [6, 6.07) is 0. The fraction of sp³-hybridized carbons (Fsp3) is 0.846. The van der Waals surface area contributed by atoms with Gasteiger partial charge in [-0.1, -0.05) is 12.8 Å². The van der Waals surface area contributed by atoms with Crippen molar-refractivity contribution in [1.29, 1.82) is 0 Å². The molecule has 0 aromatic heterocycles. The molecule has 1 aliphatic rings. The first-order chi connectivity index (χ1) is 8.65. The lowest BCUT2D eigenvalue weighted by atomic mass is 9.79. The molecule has 1 amide bonds. The summed E-state index contributed by atoms with van der Waals surface area (Å²) in [5, 5.41) is 15.0. The number of aliphatic carboxylic acids is 1. The van der Waals surface area contributed by atoms with E-state index in [0.29, 0.717) is 6.42 Å². The van der Waals surface area contributed by atoms with Gasteiger partial charge in [-0.25, -0.2) is 0 Å². The van der Waals surface area contributed by atoms with Gasteiger partial charge in [0, 0.05) is 13.5 Å². The number of carboxylic acids is 1. The zero-order valence-corrected chi connectivity index (χ0v) is 11.1. The second kappa shape index (κ2) is 8.08. The van der Waals surface area contributed by atoms with Gasteiger partial charge in [0.25, 0.3) is 0 Å². The zero-order chi connectivity index (χ0) is 13.4. The lowest BCUT2D eigenvalue weighted by Gasteiger charge is -2.28. The summed E-state index contributed by atoms with van der Waals surface area (Å²) in [6.45, 7) is 1.53. The van der Waals surface area contributed by atoms with Crippen LogP contribution in [0.4, 0.5) is 0 Å².